The van der Waals surface area contributed by atoms with Crippen LogP contribution in [0.1, 0.15) is 40.4 Å². The Kier molecular flexibility index (Phi) is 4.88. The predicted molar refractivity (Wildman–Crippen MR) is 128 cm³/mol. The van der Waals surface area contributed by atoms with Gasteiger partial charge in [0.25, 0.3) is 11.5 Å². The molecule has 0 saturated carbocycles. The average Bonchev–Trinajstić information content (AvgIpc) is 3.49. The lowest BCUT2D eigenvalue weighted by molar-refractivity contribution is 0.0675. The van der Waals surface area contributed by atoms with E-state index < -0.39 is 0 Å². The van der Waals surface area contributed by atoms with Crippen LogP contribution < -0.4 is 15.2 Å². The van der Waals surface area contributed by atoms with E-state index in [9.17, 15) is 9.59 Å². The van der Waals surface area contributed by atoms with E-state index in [2.05, 4.69) is 15.1 Å². The van der Waals surface area contributed by atoms with E-state index in [1.54, 1.807) is 30.5 Å². The number of aryl methyl sites for hydroxylation is 1. The van der Waals surface area contributed by atoms with E-state index in [-0.39, 0.29) is 17.5 Å². The summed E-state index contributed by atoms with van der Waals surface area (Å²) in [5.41, 5.74) is 4.48. The van der Waals surface area contributed by atoms with Gasteiger partial charge in [-0.2, -0.15) is 5.10 Å². The zero-order valence-electron chi connectivity index (χ0n) is 19.1. The Balaban J connectivity index is 1.45. The van der Waals surface area contributed by atoms with Crippen molar-refractivity contribution in [1.82, 2.24) is 19.7 Å². The van der Waals surface area contributed by atoms with Crippen molar-refractivity contribution in [2.75, 3.05) is 31.8 Å². The van der Waals surface area contributed by atoms with Gasteiger partial charge in [0.15, 0.2) is 0 Å². The Morgan fingerprint density at radius 2 is 2.00 bits per heavy atom. The van der Waals surface area contributed by atoms with Gasteiger partial charge in [-0.05, 0) is 49.4 Å². The molecule has 9 heteroatoms. The Morgan fingerprint density at radius 3 is 2.79 bits per heavy atom. The highest BCUT2D eigenvalue weighted by Crippen LogP contribution is 2.33. The second kappa shape index (κ2) is 7.95. The summed E-state index contributed by atoms with van der Waals surface area (Å²) in [5, 5.41) is 6.02. The first-order valence-electron chi connectivity index (χ1n) is 11.5. The zero-order valence-corrected chi connectivity index (χ0v) is 19.1. The van der Waals surface area contributed by atoms with Crippen molar-refractivity contribution in [2.24, 2.45) is 0 Å². The minimum absolute atomic E-state index is 0.107. The number of carbonyl (C=O) groups is 1. The molecule has 0 bridgehead atoms. The first-order valence-corrected chi connectivity index (χ1v) is 11.5. The van der Waals surface area contributed by atoms with Crippen LogP contribution in [0, 0.1) is 6.92 Å². The molecule has 1 saturated heterocycles. The molecule has 174 valence electrons. The van der Waals surface area contributed by atoms with Gasteiger partial charge in [-0.1, -0.05) is 0 Å². The van der Waals surface area contributed by atoms with Crippen LogP contribution in [0.3, 0.4) is 0 Å². The molecule has 1 aromatic carbocycles. The van der Waals surface area contributed by atoms with E-state index in [1.807, 2.05) is 23.7 Å². The number of rotatable bonds is 3. The minimum atomic E-state index is -0.203. The van der Waals surface area contributed by atoms with Gasteiger partial charge in [0.1, 0.15) is 0 Å². The van der Waals surface area contributed by atoms with Gasteiger partial charge in [0, 0.05) is 36.8 Å². The Bertz CT molecular complexity index is 1500. The normalized spacial score (nSPS) is 16.4. The van der Waals surface area contributed by atoms with Crippen LogP contribution in [0.15, 0.2) is 35.4 Å². The second-order valence-electron chi connectivity index (χ2n) is 8.92. The summed E-state index contributed by atoms with van der Waals surface area (Å²) in [6, 6.07) is 5.84. The fourth-order valence-corrected chi connectivity index (χ4v) is 5.16. The molecule has 0 unspecified atom stereocenters. The van der Waals surface area contributed by atoms with E-state index >= 15 is 0 Å². The number of aromatic amines is 1. The van der Waals surface area contributed by atoms with Gasteiger partial charge in [-0.3, -0.25) is 14.3 Å². The Hall–Kier alpha value is -3.72. The molecular formula is C25H25N5O4. The molecule has 2 aliphatic rings. The number of hydrogen-bond donors (Lipinski definition) is 1. The van der Waals surface area contributed by atoms with Gasteiger partial charge in [0.05, 0.1) is 47.7 Å². The van der Waals surface area contributed by atoms with Crippen molar-refractivity contribution in [3.05, 3.63) is 57.6 Å². The summed E-state index contributed by atoms with van der Waals surface area (Å²) in [4.78, 5) is 35.5. The highest BCUT2D eigenvalue weighted by atomic mass is 16.5. The lowest BCUT2D eigenvalue weighted by Crippen LogP contribution is -2.29. The van der Waals surface area contributed by atoms with Gasteiger partial charge in [-0.25, -0.2) is 4.98 Å². The molecule has 6 rings (SSSR count). The number of anilines is 1. The Labute approximate surface area is 195 Å². The summed E-state index contributed by atoms with van der Waals surface area (Å²) in [6.07, 6.45) is 5.78. The summed E-state index contributed by atoms with van der Waals surface area (Å²) >= 11 is 0. The number of pyridine rings is 2. The van der Waals surface area contributed by atoms with Crippen LogP contribution in [0.2, 0.25) is 0 Å². The third-order valence-corrected chi connectivity index (χ3v) is 6.97. The topological polar surface area (TPSA) is 102 Å². The molecule has 3 aromatic heterocycles. The van der Waals surface area contributed by atoms with E-state index in [1.165, 1.54) is 0 Å². The third kappa shape index (κ3) is 3.19. The van der Waals surface area contributed by atoms with Crippen molar-refractivity contribution in [2.45, 2.75) is 32.2 Å². The molecule has 1 N–H and O–H groups in total. The van der Waals surface area contributed by atoms with Crippen molar-refractivity contribution >= 4 is 33.4 Å². The highest BCUT2D eigenvalue weighted by molar-refractivity contribution is 6.12. The molecule has 1 fully saturated rings. The molecule has 1 amide bonds. The lowest BCUT2D eigenvalue weighted by Gasteiger charge is -2.23. The zero-order chi connectivity index (χ0) is 23.4. The Morgan fingerprint density at radius 1 is 1.18 bits per heavy atom. The average molecular weight is 460 g/mol. The van der Waals surface area contributed by atoms with Crippen molar-refractivity contribution in [3.63, 3.8) is 0 Å². The smallest absolute Gasteiger partial charge is 0.259 e. The minimum Gasteiger partial charge on any atom is -0.481 e. The second-order valence-corrected chi connectivity index (χ2v) is 8.92. The van der Waals surface area contributed by atoms with Gasteiger partial charge < -0.3 is 19.4 Å². The summed E-state index contributed by atoms with van der Waals surface area (Å²) < 4.78 is 12.7. The number of aromatic nitrogens is 4. The standard InChI is InChI=1S/C25H25N5O4/c1-14-9-18-20(28-24(31)19-12-27-30(23(18)19)16-4-7-34-8-5-16)11-17(14)25(32)29-6-3-15-10-22(33-2)26-13-21(15)29/h9-13,16H,3-8H2,1-2H3,(H,28,31). The predicted octanol–water partition coefficient (Wildman–Crippen LogP) is 3.14. The summed E-state index contributed by atoms with van der Waals surface area (Å²) in [5.74, 6) is 0.432. The number of nitrogens with one attached hydrogen (secondary N) is 1. The highest BCUT2D eigenvalue weighted by Gasteiger charge is 2.28. The number of hydrogen-bond acceptors (Lipinski definition) is 6. The monoisotopic (exact) mass is 459 g/mol. The molecule has 0 atom stereocenters. The molecule has 5 heterocycles. The fraction of sp³-hybridized carbons (Fsp3) is 0.360. The summed E-state index contributed by atoms with van der Waals surface area (Å²) in [7, 11) is 1.58. The number of methoxy groups -OCH3 is 1. The van der Waals surface area contributed by atoms with Crippen LogP contribution in [0.4, 0.5) is 5.69 Å². The number of amides is 1. The molecule has 0 radical (unpaired) electrons. The quantitative estimate of drug-likeness (QED) is 0.505. The first-order chi connectivity index (χ1) is 16.5. The van der Waals surface area contributed by atoms with E-state index in [4.69, 9.17) is 9.47 Å². The van der Waals surface area contributed by atoms with E-state index in [0.717, 1.165) is 47.0 Å². The third-order valence-electron chi connectivity index (χ3n) is 6.97. The molecular weight excluding hydrogens is 434 g/mol. The van der Waals surface area contributed by atoms with Gasteiger partial charge in [0.2, 0.25) is 5.88 Å². The SMILES string of the molecule is COc1cc2c(cn1)N(C(=O)c1cc3[nH]c(=O)c4cnn(C5CCOCC5)c4c3cc1C)CC2. The molecule has 4 aromatic rings. The van der Waals surface area contributed by atoms with Crippen LogP contribution in [-0.4, -0.2) is 52.5 Å². The molecule has 0 aliphatic carbocycles. The van der Waals surface area contributed by atoms with Gasteiger partial charge >= 0.3 is 0 Å². The molecule has 34 heavy (non-hydrogen) atoms. The van der Waals surface area contributed by atoms with Crippen molar-refractivity contribution in [3.8, 4) is 5.88 Å². The molecule has 2 aliphatic heterocycles. The van der Waals surface area contributed by atoms with Crippen molar-refractivity contribution < 1.29 is 14.3 Å². The van der Waals surface area contributed by atoms with Crippen LogP contribution in [0.25, 0.3) is 21.8 Å². The van der Waals surface area contributed by atoms with E-state index in [0.29, 0.717) is 42.1 Å². The number of H-pyrrole nitrogens is 1. The lowest BCUT2D eigenvalue weighted by atomic mass is 10.0. The molecule has 0 spiro atoms. The number of nitrogens with zero attached hydrogens (tertiary/aromatic N) is 4. The van der Waals surface area contributed by atoms with Crippen LogP contribution in [-0.2, 0) is 11.2 Å². The maximum absolute atomic E-state index is 13.6. The van der Waals surface area contributed by atoms with Crippen LogP contribution in [0.5, 0.6) is 5.88 Å². The number of carbonyl (C=O) groups excluding carboxylic acids is 1. The molecule has 9 nitrogen and oxygen atoms in total. The van der Waals surface area contributed by atoms with Crippen LogP contribution >= 0.6 is 0 Å². The number of benzene rings is 1. The maximum Gasteiger partial charge on any atom is 0.259 e. The van der Waals surface area contributed by atoms with Crippen molar-refractivity contribution in [1.29, 1.82) is 0 Å². The largest absolute Gasteiger partial charge is 0.481 e. The fourth-order valence-electron chi connectivity index (χ4n) is 5.16. The first kappa shape index (κ1) is 20.9. The number of ether oxygens (including phenoxy) is 2. The maximum atomic E-state index is 13.6. The van der Waals surface area contributed by atoms with Gasteiger partial charge in [-0.15, -0.1) is 0 Å². The number of fused-ring (bicyclic) bond motifs is 4. The summed E-state index contributed by atoms with van der Waals surface area (Å²) in [6.45, 7) is 3.88.